The summed E-state index contributed by atoms with van der Waals surface area (Å²) in [7, 11) is 3.20. The highest BCUT2D eigenvalue weighted by atomic mass is 16.5. The van der Waals surface area contributed by atoms with Gasteiger partial charge in [0, 0.05) is 12.6 Å². The van der Waals surface area contributed by atoms with Gasteiger partial charge in [0.1, 0.15) is 18.5 Å². The van der Waals surface area contributed by atoms with Crippen LogP contribution in [-0.2, 0) is 6.42 Å². The lowest BCUT2D eigenvalue weighted by Gasteiger charge is -2.14. The number of methoxy groups -OCH3 is 2. The van der Waals surface area contributed by atoms with Crippen LogP contribution in [0.4, 0.5) is 0 Å². The number of benzene rings is 2. The first kappa shape index (κ1) is 19.7. The number of rotatable bonds is 10. The maximum Gasteiger partial charge on any atom is 0.161 e. The molecule has 26 heavy (non-hydrogen) atoms. The molecule has 0 bridgehead atoms. The summed E-state index contributed by atoms with van der Waals surface area (Å²) in [6, 6.07) is 9.92. The number of nitrogens with one attached hydrogen (secondary N) is 1. The lowest BCUT2D eigenvalue weighted by Crippen LogP contribution is -2.32. The molecule has 0 amide bonds. The van der Waals surface area contributed by atoms with Crippen LogP contribution < -0.4 is 19.5 Å². The Morgan fingerprint density at radius 3 is 2.42 bits per heavy atom. The van der Waals surface area contributed by atoms with Gasteiger partial charge in [-0.25, -0.2) is 0 Å². The van der Waals surface area contributed by atoms with Crippen molar-refractivity contribution in [3.05, 3.63) is 42.0 Å². The summed E-state index contributed by atoms with van der Waals surface area (Å²) in [4.78, 5) is 0. The van der Waals surface area contributed by atoms with E-state index in [4.69, 9.17) is 14.2 Å². The van der Waals surface area contributed by atoms with Crippen molar-refractivity contribution in [2.75, 3.05) is 33.9 Å². The summed E-state index contributed by atoms with van der Waals surface area (Å²) in [6.45, 7) is 1.14. The van der Waals surface area contributed by atoms with Crippen LogP contribution in [0.15, 0.2) is 36.4 Å². The minimum Gasteiger partial charge on any atom is -0.504 e. The molecule has 2 rings (SSSR count). The van der Waals surface area contributed by atoms with Crippen molar-refractivity contribution >= 4 is 0 Å². The summed E-state index contributed by atoms with van der Waals surface area (Å²) >= 11 is 0. The molecule has 0 heterocycles. The van der Waals surface area contributed by atoms with Crippen LogP contribution in [-0.4, -0.2) is 55.3 Å². The zero-order valence-electron chi connectivity index (χ0n) is 14.9. The van der Waals surface area contributed by atoms with Gasteiger partial charge in [0.15, 0.2) is 23.0 Å². The molecule has 0 aliphatic rings. The van der Waals surface area contributed by atoms with Crippen LogP contribution in [0.1, 0.15) is 5.56 Å². The Kier molecular flexibility index (Phi) is 7.37. The number of hydrogen-bond donors (Lipinski definition) is 4. The summed E-state index contributed by atoms with van der Waals surface area (Å²) in [6.07, 6.45) is 0.0797. The first-order valence-electron chi connectivity index (χ1n) is 8.28. The monoisotopic (exact) mass is 363 g/mol. The molecule has 4 N–H and O–H groups in total. The predicted octanol–water partition coefficient (Wildman–Crippen LogP) is 1.69. The van der Waals surface area contributed by atoms with Gasteiger partial charge in [-0.3, -0.25) is 0 Å². The molecule has 0 saturated carbocycles. The van der Waals surface area contributed by atoms with E-state index in [1.807, 2.05) is 18.2 Å². The van der Waals surface area contributed by atoms with Crippen molar-refractivity contribution in [3.63, 3.8) is 0 Å². The SMILES string of the molecule is COc1ccc(CCNCC(O)COc2ccc(O)c(O)c2)cc1OC. The molecule has 7 heteroatoms. The molecule has 2 aromatic carbocycles. The molecule has 0 radical (unpaired) electrons. The Hall–Kier alpha value is -2.64. The van der Waals surface area contributed by atoms with E-state index < -0.39 is 6.10 Å². The highest BCUT2D eigenvalue weighted by molar-refractivity contribution is 5.43. The number of ether oxygens (including phenoxy) is 3. The van der Waals surface area contributed by atoms with Crippen LogP contribution in [0.5, 0.6) is 28.7 Å². The quantitative estimate of drug-likeness (QED) is 0.376. The molecule has 142 valence electrons. The van der Waals surface area contributed by atoms with Crippen LogP contribution in [0.2, 0.25) is 0 Å². The molecule has 0 aliphatic carbocycles. The molecule has 0 saturated heterocycles. The predicted molar refractivity (Wildman–Crippen MR) is 97.4 cm³/mol. The summed E-state index contributed by atoms with van der Waals surface area (Å²) < 4.78 is 15.9. The highest BCUT2D eigenvalue weighted by Gasteiger charge is 2.08. The van der Waals surface area contributed by atoms with E-state index in [2.05, 4.69) is 5.32 Å². The number of aliphatic hydroxyl groups is 1. The van der Waals surface area contributed by atoms with E-state index in [1.54, 1.807) is 14.2 Å². The van der Waals surface area contributed by atoms with E-state index in [0.29, 0.717) is 30.3 Å². The van der Waals surface area contributed by atoms with Crippen molar-refractivity contribution in [2.45, 2.75) is 12.5 Å². The lowest BCUT2D eigenvalue weighted by molar-refractivity contribution is 0.106. The molecule has 2 aromatic rings. The fourth-order valence-electron chi connectivity index (χ4n) is 2.38. The molecule has 1 atom stereocenters. The number of phenols is 2. The van der Waals surface area contributed by atoms with E-state index in [0.717, 1.165) is 12.0 Å². The van der Waals surface area contributed by atoms with Crippen LogP contribution in [0.3, 0.4) is 0 Å². The second-order valence-electron chi connectivity index (χ2n) is 5.76. The third-order valence-electron chi connectivity index (χ3n) is 3.81. The Bertz CT molecular complexity index is 706. The van der Waals surface area contributed by atoms with Gasteiger partial charge in [-0.1, -0.05) is 6.07 Å². The average molecular weight is 363 g/mol. The smallest absolute Gasteiger partial charge is 0.161 e. The number of aromatic hydroxyl groups is 2. The Morgan fingerprint density at radius 1 is 0.962 bits per heavy atom. The number of phenolic OH excluding ortho intramolecular Hbond substituents is 2. The second-order valence-corrected chi connectivity index (χ2v) is 5.76. The van der Waals surface area contributed by atoms with Crippen LogP contribution in [0, 0.1) is 0 Å². The second kappa shape index (κ2) is 9.74. The van der Waals surface area contributed by atoms with Crippen molar-refractivity contribution in [2.24, 2.45) is 0 Å². The zero-order valence-corrected chi connectivity index (χ0v) is 14.9. The minimum absolute atomic E-state index is 0.0770. The standard InChI is InChI=1S/C19H25NO6/c1-24-18-6-3-13(9-19(18)25-2)7-8-20-11-14(21)12-26-15-4-5-16(22)17(23)10-15/h3-6,9-10,14,20-23H,7-8,11-12H2,1-2H3. The number of hydrogen-bond acceptors (Lipinski definition) is 7. The molecule has 0 fully saturated rings. The molecular formula is C19H25NO6. The highest BCUT2D eigenvalue weighted by Crippen LogP contribution is 2.29. The molecule has 0 aromatic heterocycles. The summed E-state index contributed by atoms with van der Waals surface area (Å²) in [5.41, 5.74) is 1.10. The van der Waals surface area contributed by atoms with Crippen LogP contribution >= 0.6 is 0 Å². The molecule has 0 aliphatic heterocycles. The molecule has 0 spiro atoms. The van der Waals surface area contributed by atoms with Crippen molar-refractivity contribution in [1.82, 2.24) is 5.32 Å². The normalized spacial score (nSPS) is 11.8. The largest absolute Gasteiger partial charge is 0.504 e. The average Bonchev–Trinajstić information content (AvgIpc) is 2.66. The van der Waals surface area contributed by atoms with Gasteiger partial charge < -0.3 is 34.8 Å². The lowest BCUT2D eigenvalue weighted by atomic mass is 10.1. The van der Waals surface area contributed by atoms with Crippen LogP contribution in [0.25, 0.3) is 0 Å². The van der Waals surface area contributed by atoms with Crippen molar-refractivity contribution < 1.29 is 29.5 Å². The van der Waals surface area contributed by atoms with Gasteiger partial charge >= 0.3 is 0 Å². The van der Waals surface area contributed by atoms with Crippen molar-refractivity contribution in [1.29, 1.82) is 0 Å². The zero-order chi connectivity index (χ0) is 18.9. The van der Waals surface area contributed by atoms with E-state index in [1.165, 1.54) is 18.2 Å². The van der Waals surface area contributed by atoms with Gasteiger partial charge in [-0.05, 0) is 42.8 Å². The Morgan fingerprint density at radius 2 is 1.73 bits per heavy atom. The van der Waals surface area contributed by atoms with E-state index in [9.17, 15) is 15.3 Å². The van der Waals surface area contributed by atoms with Crippen molar-refractivity contribution in [3.8, 4) is 28.7 Å². The Balaban J connectivity index is 1.69. The van der Waals surface area contributed by atoms with Gasteiger partial charge in [0.05, 0.1) is 14.2 Å². The fourth-order valence-corrected chi connectivity index (χ4v) is 2.38. The number of aliphatic hydroxyl groups excluding tert-OH is 1. The van der Waals surface area contributed by atoms with Gasteiger partial charge in [0.25, 0.3) is 0 Å². The Labute approximate surface area is 152 Å². The van der Waals surface area contributed by atoms with E-state index in [-0.39, 0.29) is 18.1 Å². The topological polar surface area (TPSA) is 100 Å². The maximum absolute atomic E-state index is 9.95. The maximum atomic E-state index is 9.95. The molecular weight excluding hydrogens is 338 g/mol. The first-order chi connectivity index (χ1) is 12.5. The fraction of sp³-hybridized carbons (Fsp3) is 0.368. The molecule has 1 unspecified atom stereocenters. The first-order valence-corrected chi connectivity index (χ1v) is 8.28. The summed E-state index contributed by atoms with van der Waals surface area (Å²) in [5, 5.41) is 31.7. The third-order valence-corrected chi connectivity index (χ3v) is 3.81. The van der Waals surface area contributed by atoms with Gasteiger partial charge in [-0.2, -0.15) is 0 Å². The van der Waals surface area contributed by atoms with Gasteiger partial charge in [-0.15, -0.1) is 0 Å². The van der Waals surface area contributed by atoms with Gasteiger partial charge in [0.2, 0.25) is 0 Å². The minimum atomic E-state index is -0.698. The van der Waals surface area contributed by atoms with E-state index >= 15 is 0 Å². The third kappa shape index (κ3) is 5.72. The summed E-state index contributed by atoms with van der Waals surface area (Å²) in [5.74, 6) is 1.29. The molecule has 7 nitrogen and oxygen atoms in total.